The van der Waals surface area contributed by atoms with Gasteiger partial charge in [-0.25, -0.2) is 9.59 Å². The molecule has 1 rings (SSSR count). The lowest BCUT2D eigenvalue weighted by Gasteiger charge is -2.26. The van der Waals surface area contributed by atoms with Crippen molar-refractivity contribution in [1.82, 2.24) is 5.32 Å². The van der Waals surface area contributed by atoms with Crippen molar-refractivity contribution in [2.45, 2.75) is 78.2 Å². The molecule has 1 unspecified atom stereocenters. The highest BCUT2D eigenvalue weighted by atomic mass is 16.6. The van der Waals surface area contributed by atoms with Gasteiger partial charge in [-0.1, -0.05) is 31.5 Å². The van der Waals surface area contributed by atoms with Gasteiger partial charge >= 0.3 is 12.1 Å². The largest absolute Gasteiger partial charge is 0.487 e. The predicted octanol–water partition coefficient (Wildman–Crippen LogP) is 4.08. The van der Waals surface area contributed by atoms with Gasteiger partial charge in [-0.3, -0.25) is 0 Å². The molecule has 3 atom stereocenters. The van der Waals surface area contributed by atoms with Crippen molar-refractivity contribution in [2.24, 2.45) is 0 Å². The average molecular weight is 365 g/mol. The van der Waals surface area contributed by atoms with E-state index >= 15 is 0 Å². The Morgan fingerprint density at radius 2 is 1.73 bits per heavy atom. The minimum Gasteiger partial charge on any atom is -0.487 e. The smallest absolute Gasteiger partial charge is 0.408 e. The van der Waals surface area contributed by atoms with Gasteiger partial charge < -0.3 is 19.5 Å². The van der Waals surface area contributed by atoms with Gasteiger partial charge in [-0.15, -0.1) is 0 Å². The van der Waals surface area contributed by atoms with Crippen LogP contribution in [0.25, 0.3) is 0 Å². The molecular weight excluding hydrogens is 334 g/mol. The summed E-state index contributed by atoms with van der Waals surface area (Å²) in [5.74, 6) is 0.204. The van der Waals surface area contributed by atoms with Crippen LogP contribution in [0.15, 0.2) is 30.3 Å². The second kappa shape index (κ2) is 10.0. The number of ether oxygens (including phenoxy) is 3. The third-order valence-electron chi connectivity index (χ3n) is 3.52. The van der Waals surface area contributed by atoms with E-state index in [0.29, 0.717) is 6.42 Å². The number of hydrogen-bond acceptors (Lipinski definition) is 5. The van der Waals surface area contributed by atoms with Gasteiger partial charge in [-0.2, -0.15) is 0 Å². The summed E-state index contributed by atoms with van der Waals surface area (Å²) >= 11 is 0. The number of esters is 1. The molecule has 1 amide bonds. The maximum Gasteiger partial charge on any atom is 0.408 e. The number of amides is 1. The van der Waals surface area contributed by atoms with Crippen molar-refractivity contribution in [3.8, 4) is 5.75 Å². The van der Waals surface area contributed by atoms with Crippen molar-refractivity contribution >= 4 is 12.1 Å². The van der Waals surface area contributed by atoms with Crippen LogP contribution in [-0.2, 0) is 14.3 Å². The number of nitrogens with one attached hydrogen (secondary N) is 1. The van der Waals surface area contributed by atoms with Crippen molar-refractivity contribution in [1.29, 1.82) is 0 Å². The summed E-state index contributed by atoms with van der Waals surface area (Å²) in [6.07, 6.45) is 0.140. The third-order valence-corrected chi connectivity index (χ3v) is 3.52. The summed E-state index contributed by atoms with van der Waals surface area (Å²) in [5, 5.41) is 2.50. The Balaban J connectivity index is 2.61. The fourth-order valence-corrected chi connectivity index (χ4v) is 2.26. The van der Waals surface area contributed by atoms with E-state index in [1.165, 1.54) is 0 Å². The standard InChI is InChI=1S/C20H31NO5/c1-7-11-17(15(3)24-16-12-9-8-10-13-16)25-18(22)14(2)21-19(23)26-20(4,5)6/h8-10,12-15,17H,7,11H2,1-6H3,(H,21,23)/t14-,15?,17+/m0/s1. The zero-order valence-electron chi connectivity index (χ0n) is 16.6. The van der Waals surface area contributed by atoms with Crippen LogP contribution >= 0.6 is 0 Å². The van der Waals surface area contributed by atoms with Gasteiger partial charge in [0.1, 0.15) is 29.6 Å². The van der Waals surface area contributed by atoms with Crippen molar-refractivity contribution in [3.63, 3.8) is 0 Å². The monoisotopic (exact) mass is 365 g/mol. The maximum absolute atomic E-state index is 12.3. The second-order valence-electron chi connectivity index (χ2n) is 7.27. The molecule has 1 aromatic carbocycles. The van der Waals surface area contributed by atoms with E-state index in [9.17, 15) is 9.59 Å². The first kappa shape index (κ1) is 21.8. The molecule has 0 saturated carbocycles. The molecule has 6 nitrogen and oxygen atoms in total. The van der Waals surface area contributed by atoms with Crippen LogP contribution in [0.1, 0.15) is 54.4 Å². The van der Waals surface area contributed by atoms with Gasteiger partial charge in [0.05, 0.1) is 0 Å². The zero-order chi connectivity index (χ0) is 19.7. The van der Waals surface area contributed by atoms with Crippen LogP contribution < -0.4 is 10.1 Å². The minimum atomic E-state index is -0.812. The van der Waals surface area contributed by atoms with Gasteiger partial charge in [0.2, 0.25) is 0 Å². The Morgan fingerprint density at radius 3 is 2.27 bits per heavy atom. The Bertz CT molecular complexity index is 567. The molecule has 0 radical (unpaired) electrons. The molecule has 1 aromatic rings. The fraction of sp³-hybridized carbons (Fsp3) is 0.600. The lowest BCUT2D eigenvalue weighted by atomic mass is 10.1. The lowest BCUT2D eigenvalue weighted by molar-refractivity contribution is -0.156. The Kier molecular flexibility index (Phi) is 8.42. The fourth-order valence-electron chi connectivity index (χ4n) is 2.26. The molecular formula is C20H31NO5. The number of benzene rings is 1. The summed E-state index contributed by atoms with van der Waals surface area (Å²) in [5.41, 5.74) is -0.628. The minimum absolute atomic E-state index is 0.310. The third kappa shape index (κ3) is 8.23. The quantitative estimate of drug-likeness (QED) is 0.703. The van der Waals surface area contributed by atoms with E-state index in [0.717, 1.165) is 12.2 Å². The first-order valence-electron chi connectivity index (χ1n) is 9.04. The Labute approximate surface area is 156 Å². The molecule has 26 heavy (non-hydrogen) atoms. The predicted molar refractivity (Wildman–Crippen MR) is 100 cm³/mol. The highest BCUT2D eigenvalue weighted by Crippen LogP contribution is 2.17. The lowest BCUT2D eigenvalue weighted by Crippen LogP contribution is -2.45. The average Bonchev–Trinajstić information content (AvgIpc) is 2.53. The molecule has 1 N–H and O–H groups in total. The Hall–Kier alpha value is -2.24. The van der Waals surface area contributed by atoms with Crippen molar-refractivity contribution in [2.75, 3.05) is 0 Å². The van der Waals surface area contributed by atoms with Crippen LogP contribution in [0.2, 0.25) is 0 Å². The van der Waals surface area contributed by atoms with Gasteiger partial charge in [-0.05, 0) is 53.2 Å². The number of carbonyl (C=O) groups is 2. The van der Waals surface area contributed by atoms with E-state index in [-0.39, 0.29) is 6.10 Å². The molecule has 0 aliphatic rings. The SMILES string of the molecule is CCC[C@@H](OC(=O)[C@H](C)NC(=O)OC(C)(C)C)C(C)Oc1ccccc1. The molecule has 6 heteroatoms. The summed E-state index contributed by atoms with van der Waals surface area (Å²) in [7, 11) is 0. The van der Waals surface area contributed by atoms with Crippen LogP contribution in [0.3, 0.4) is 0 Å². The van der Waals surface area contributed by atoms with Gasteiger partial charge in [0.15, 0.2) is 0 Å². The van der Waals surface area contributed by atoms with Crippen molar-refractivity contribution in [3.05, 3.63) is 30.3 Å². The zero-order valence-corrected chi connectivity index (χ0v) is 16.6. The molecule has 0 aliphatic carbocycles. The number of hydrogen-bond donors (Lipinski definition) is 1. The second-order valence-corrected chi connectivity index (χ2v) is 7.27. The summed E-state index contributed by atoms with van der Waals surface area (Å²) in [4.78, 5) is 24.1. The van der Waals surface area contributed by atoms with E-state index in [1.807, 2.05) is 44.2 Å². The number of para-hydroxylation sites is 1. The van der Waals surface area contributed by atoms with Crippen molar-refractivity contribution < 1.29 is 23.8 Å². The molecule has 0 aliphatic heterocycles. The van der Waals surface area contributed by atoms with E-state index in [4.69, 9.17) is 14.2 Å². The normalized spacial score (nSPS) is 14.7. The van der Waals surface area contributed by atoms with Crippen LogP contribution in [0, 0.1) is 0 Å². The molecule has 0 saturated heterocycles. The van der Waals surface area contributed by atoms with Gasteiger partial charge in [0.25, 0.3) is 0 Å². The van der Waals surface area contributed by atoms with E-state index in [1.54, 1.807) is 27.7 Å². The van der Waals surface area contributed by atoms with Gasteiger partial charge in [0, 0.05) is 0 Å². The molecule has 0 aromatic heterocycles. The molecule has 0 spiro atoms. The van der Waals surface area contributed by atoms with Crippen LogP contribution in [0.4, 0.5) is 4.79 Å². The highest BCUT2D eigenvalue weighted by molar-refractivity contribution is 5.81. The summed E-state index contributed by atoms with van der Waals surface area (Å²) in [6, 6.07) is 8.58. The molecule has 0 fully saturated rings. The summed E-state index contributed by atoms with van der Waals surface area (Å²) < 4.78 is 16.6. The molecule has 0 bridgehead atoms. The topological polar surface area (TPSA) is 73.9 Å². The molecule has 0 heterocycles. The van der Waals surface area contributed by atoms with E-state index in [2.05, 4.69) is 5.32 Å². The van der Waals surface area contributed by atoms with Crippen LogP contribution in [0.5, 0.6) is 5.75 Å². The van der Waals surface area contributed by atoms with Crippen LogP contribution in [-0.4, -0.2) is 35.9 Å². The Morgan fingerprint density at radius 1 is 1.12 bits per heavy atom. The number of carbonyl (C=O) groups excluding carboxylic acids is 2. The number of rotatable bonds is 8. The van der Waals surface area contributed by atoms with E-state index < -0.39 is 29.8 Å². The summed E-state index contributed by atoms with van der Waals surface area (Å²) in [6.45, 7) is 10.7. The molecule has 146 valence electrons. The number of alkyl carbamates (subject to hydrolysis) is 1. The highest BCUT2D eigenvalue weighted by Gasteiger charge is 2.27. The maximum atomic E-state index is 12.3. The first-order valence-corrected chi connectivity index (χ1v) is 9.04. The first-order chi connectivity index (χ1) is 12.1.